The number of halogens is 2. The van der Waals surface area contributed by atoms with E-state index in [2.05, 4.69) is 10.6 Å². The van der Waals surface area contributed by atoms with Crippen molar-refractivity contribution in [3.63, 3.8) is 0 Å². The highest BCUT2D eigenvalue weighted by Gasteiger charge is 2.21. The molecule has 0 saturated carbocycles. The average molecular weight is 377 g/mol. The maximum atomic E-state index is 12.0. The summed E-state index contributed by atoms with van der Waals surface area (Å²) in [6.45, 7) is 5.32. The van der Waals surface area contributed by atoms with Crippen molar-refractivity contribution in [1.29, 1.82) is 0 Å². The number of nitrogens with zero attached hydrogens (tertiary/aromatic N) is 1. The first-order valence-corrected chi connectivity index (χ1v) is 7.81. The molecular formula is C16H26Cl2N4O2. The van der Waals surface area contributed by atoms with Crippen LogP contribution in [0.5, 0.6) is 0 Å². The molecule has 24 heavy (non-hydrogen) atoms. The monoisotopic (exact) mass is 376 g/mol. The van der Waals surface area contributed by atoms with Crippen LogP contribution in [0.15, 0.2) is 24.3 Å². The molecule has 0 fully saturated rings. The van der Waals surface area contributed by atoms with Crippen molar-refractivity contribution in [2.45, 2.75) is 20.4 Å². The number of carbonyl (C=O) groups excluding carboxylic acids is 2. The van der Waals surface area contributed by atoms with E-state index in [0.717, 1.165) is 5.56 Å². The number of nitrogens with one attached hydrogen (secondary N) is 2. The van der Waals surface area contributed by atoms with E-state index in [1.54, 1.807) is 24.1 Å². The summed E-state index contributed by atoms with van der Waals surface area (Å²) in [5, 5.41) is 5.88. The van der Waals surface area contributed by atoms with Gasteiger partial charge in [0.1, 0.15) is 0 Å². The largest absolute Gasteiger partial charge is 0.344 e. The fourth-order valence-corrected chi connectivity index (χ4v) is 2.06. The van der Waals surface area contributed by atoms with Gasteiger partial charge >= 0.3 is 6.03 Å². The molecule has 0 saturated heterocycles. The molecule has 136 valence electrons. The molecule has 1 aromatic rings. The lowest BCUT2D eigenvalue weighted by Gasteiger charge is -2.29. The molecular weight excluding hydrogens is 351 g/mol. The predicted octanol–water partition coefficient (Wildman–Crippen LogP) is 2.00. The molecule has 1 rings (SSSR count). The SMILES string of the molecule is CN(CC(C)(C)CN)C(=O)CNC(=O)NCc1ccc(Cl)cc1.Cl. The van der Waals surface area contributed by atoms with Gasteiger partial charge in [0.2, 0.25) is 5.91 Å². The van der Waals surface area contributed by atoms with Crippen LogP contribution in [0.25, 0.3) is 0 Å². The number of urea groups is 1. The predicted molar refractivity (Wildman–Crippen MR) is 99.4 cm³/mol. The Labute approximate surface area is 154 Å². The molecule has 4 N–H and O–H groups in total. The van der Waals surface area contributed by atoms with Crippen LogP contribution in [0, 0.1) is 5.41 Å². The van der Waals surface area contributed by atoms with Crippen LogP contribution in [-0.2, 0) is 11.3 Å². The molecule has 6 nitrogen and oxygen atoms in total. The van der Waals surface area contributed by atoms with Gasteiger partial charge in [-0.05, 0) is 29.7 Å². The van der Waals surface area contributed by atoms with Gasteiger partial charge in [0.15, 0.2) is 0 Å². The Bertz CT molecular complexity index is 535. The summed E-state index contributed by atoms with van der Waals surface area (Å²) in [6, 6.07) is 6.79. The Hall–Kier alpha value is -1.50. The van der Waals surface area contributed by atoms with Crippen LogP contribution in [-0.4, -0.2) is 43.5 Å². The molecule has 1 aromatic carbocycles. The number of rotatable bonds is 7. The zero-order valence-corrected chi connectivity index (χ0v) is 15.8. The van der Waals surface area contributed by atoms with E-state index in [1.165, 1.54) is 0 Å². The van der Waals surface area contributed by atoms with Gasteiger partial charge in [-0.1, -0.05) is 37.6 Å². The van der Waals surface area contributed by atoms with Crippen molar-refractivity contribution in [1.82, 2.24) is 15.5 Å². The van der Waals surface area contributed by atoms with Crippen molar-refractivity contribution in [2.24, 2.45) is 11.1 Å². The second-order valence-corrected chi connectivity index (χ2v) is 6.72. The van der Waals surface area contributed by atoms with Crippen LogP contribution in [0.4, 0.5) is 4.79 Å². The minimum absolute atomic E-state index is 0. The number of benzene rings is 1. The first kappa shape index (κ1) is 22.5. The molecule has 0 aliphatic rings. The highest BCUT2D eigenvalue weighted by Crippen LogP contribution is 2.13. The van der Waals surface area contributed by atoms with Gasteiger partial charge in [-0.2, -0.15) is 0 Å². The maximum absolute atomic E-state index is 12.0. The average Bonchev–Trinajstić information content (AvgIpc) is 2.51. The van der Waals surface area contributed by atoms with Crippen molar-refractivity contribution in [3.8, 4) is 0 Å². The fraction of sp³-hybridized carbons (Fsp3) is 0.500. The summed E-state index contributed by atoms with van der Waals surface area (Å²) in [5.74, 6) is -0.159. The van der Waals surface area contributed by atoms with Crippen molar-refractivity contribution < 1.29 is 9.59 Å². The Balaban J connectivity index is 0.00000529. The standard InChI is InChI=1S/C16H25ClN4O2.ClH/c1-16(2,10-18)11-21(3)14(22)9-20-15(23)19-8-12-4-6-13(17)7-5-12;/h4-7H,8-11,18H2,1-3H3,(H2,19,20,23);1H. The molecule has 0 atom stereocenters. The second-order valence-electron chi connectivity index (χ2n) is 6.28. The van der Waals surface area contributed by atoms with Crippen LogP contribution in [0.2, 0.25) is 5.02 Å². The molecule has 0 radical (unpaired) electrons. The van der Waals surface area contributed by atoms with Gasteiger partial charge in [-0.3, -0.25) is 4.79 Å². The van der Waals surface area contributed by atoms with Gasteiger partial charge in [0.05, 0.1) is 6.54 Å². The van der Waals surface area contributed by atoms with Gasteiger partial charge in [-0.25, -0.2) is 4.79 Å². The Morgan fingerprint density at radius 1 is 1.21 bits per heavy atom. The fourth-order valence-electron chi connectivity index (χ4n) is 1.93. The van der Waals surface area contributed by atoms with Gasteiger partial charge in [0, 0.05) is 25.2 Å². The Morgan fingerprint density at radius 2 is 1.79 bits per heavy atom. The van der Waals surface area contributed by atoms with Crippen LogP contribution < -0.4 is 16.4 Å². The molecule has 0 heterocycles. The van der Waals surface area contributed by atoms with Crippen molar-refractivity contribution >= 4 is 35.9 Å². The molecule has 0 aliphatic carbocycles. The summed E-state index contributed by atoms with van der Waals surface area (Å²) in [7, 11) is 1.70. The van der Waals surface area contributed by atoms with E-state index in [4.69, 9.17) is 17.3 Å². The normalized spacial score (nSPS) is 10.5. The Kier molecular flexibility index (Phi) is 9.73. The molecule has 8 heteroatoms. The van der Waals surface area contributed by atoms with E-state index >= 15 is 0 Å². The number of carbonyl (C=O) groups is 2. The first-order chi connectivity index (χ1) is 10.7. The van der Waals surface area contributed by atoms with Gasteiger partial charge in [-0.15, -0.1) is 12.4 Å². The number of amides is 3. The van der Waals surface area contributed by atoms with Crippen LogP contribution in [0.1, 0.15) is 19.4 Å². The molecule has 0 bridgehead atoms. The van der Waals surface area contributed by atoms with Crippen LogP contribution >= 0.6 is 24.0 Å². The quantitative estimate of drug-likeness (QED) is 0.679. The summed E-state index contributed by atoms with van der Waals surface area (Å²) in [6.07, 6.45) is 0. The lowest BCUT2D eigenvalue weighted by atomic mass is 9.93. The third-order valence-corrected chi connectivity index (χ3v) is 3.66. The maximum Gasteiger partial charge on any atom is 0.315 e. The van der Waals surface area contributed by atoms with E-state index in [9.17, 15) is 9.59 Å². The number of nitrogens with two attached hydrogens (primary N) is 1. The third kappa shape index (κ3) is 8.38. The van der Waals surface area contributed by atoms with Crippen molar-refractivity contribution in [3.05, 3.63) is 34.9 Å². The molecule has 3 amide bonds. The molecule has 0 aliphatic heterocycles. The van der Waals surface area contributed by atoms with Crippen LogP contribution in [0.3, 0.4) is 0 Å². The van der Waals surface area contributed by atoms with Gasteiger partial charge in [0.25, 0.3) is 0 Å². The van der Waals surface area contributed by atoms with E-state index in [-0.39, 0.29) is 36.3 Å². The topological polar surface area (TPSA) is 87.5 Å². The number of hydrogen-bond acceptors (Lipinski definition) is 3. The second kappa shape index (κ2) is 10.4. The van der Waals surface area contributed by atoms with Crippen molar-refractivity contribution in [2.75, 3.05) is 26.7 Å². The molecule has 0 unspecified atom stereocenters. The number of hydrogen-bond donors (Lipinski definition) is 3. The van der Waals surface area contributed by atoms with E-state index in [0.29, 0.717) is 24.7 Å². The van der Waals surface area contributed by atoms with Gasteiger partial charge < -0.3 is 21.3 Å². The highest BCUT2D eigenvalue weighted by molar-refractivity contribution is 6.30. The zero-order valence-electron chi connectivity index (χ0n) is 14.3. The summed E-state index contributed by atoms with van der Waals surface area (Å²) >= 11 is 5.80. The molecule has 0 aromatic heterocycles. The molecule has 0 spiro atoms. The Morgan fingerprint density at radius 3 is 2.33 bits per heavy atom. The van der Waals surface area contributed by atoms with E-state index < -0.39 is 0 Å². The lowest BCUT2D eigenvalue weighted by molar-refractivity contribution is -0.129. The first-order valence-electron chi connectivity index (χ1n) is 7.44. The zero-order chi connectivity index (χ0) is 17.5. The number of likely N-dealkylation sites (N-methyl/N-ethyl adjacent to an activating group) is 1. The summed E-state index contributed by atoms with van der Waals surface area (Å²) in [5.41, 5.74) is 6.43. The lowest BCUT2D eigenvalue weighted by Crippen LogP contribution is -2.45. The minimum atomic E-state index is -0.389. The highest BCUT2D eigenvalue weighted by atomic mass is 35.5. The summed E-state index contributed by atoms with van der Waals surface area (Å²) in [4.78, 5) is 25.3. The third-order valence-electron chi connectivity index (χ3n) is 3.41. The van der Waals surface area contributed by atoms with E-state index in [1.807, 2.05) is 26.0 Å². The summed E-state index contributed by atoms with van der Waals surface area (Å²) < 4.78 is 0. The minimum Gasteiger partial charge on any atom is -0.344 e. The smallest absolute Gasteiger partial charge is 0.315 e.